The number of aromatic nitrogens is 2. The predicted octanol–water partition coefficient (Wildman–Crippen LogP) is 0.731. The normalized spacial score (nSPS) is 21.0. The van der Waals surface area contributed by atoms with E-state index in [1.807, 2.05) is 19.4 Å². The van der Waals surface area contributed by atoms with Gasteiger partial charge in [-0.1, -0.05) is 0 Å². The largest absolute Gasteiger partial charge is 0.377 e. The number of nitrogens with zero attached hydrogens (tertiary/aromatic N) is 2. The van der Waals surface area contributed by atoms with Crippen LogP contribution in [0, 0.1) is 0 Å². The van der Waals surface area contributed by atoms with Crippen molar-refractivity contribution in [3.63, 3.8) is 0 Å². The lowest BCUT2D eigenvalue weighted by atomic mass is 10.2. The van der Waals surface area contributed by atoms with Gasteiger partial charge in [-0.25, -0.2) is 4.98 Å². The van der Waals surface area contributed by atoms with Crippen LogP contribution in [0.3, 0.4) is 0 Å². The molecule has 0 saturated carbocycles. The Hall–Kier alpha value is -0.870. The first kappa shape index (κ1) is 10.6. The zero-order chi connectivity index (χ0) is 10.5. The summed E-state index contributed by atoms with van der Waals surface area (Å²) in [6.07, 6.45) is 7.66. The van der Waals surface area contributed by atoms with Gasteiger partial charge in [-0.15, -0.1) is 0 Å². The molecule has 4 heteroatoms. The van der Waals surface area contributed by atoms with Crippen LogP contribution in [0.4, 0.5) is 0 Å². The highest BCUT2D eigenvalue weighted by molar-refractivity contribution is 4.91. The van der Waals surface area contributed by atoms with E-state index in [9.17, 15) is 0 Å². The van der Waals surface area contributed by atoms with E-state index in [0.29, 0.717) is 6.10 Å². The maximum Gasteiger partial charge on any atom is 0.109 e. The van der Waals surface area contributed by atoms with Crippen molar-refractivity contribution < 1.29 is 4.74 Å². The number of hydrogen-bond donors (Lipinski definition) is 1. The SMILES string of the molecule is Cn1ccnc1CCNCC1CCCO1. The van der Waals surface area contributed by atoms with Crippen molar-refractivity contribution in [3.05, 3.63) is 18.2 Å². The first-order chi connectivity index (χ1) is 7.36. The Kier molecular flexibility index (Phi) is 3.75. The molecule has 1 aromatic heterocycles. The average Bonchev–Trinajstić information content (AvgIpc) is 2.85. The second-order valence-electron chi connectivity index (χ2n) is 4.04. The van der Waals surface area contributed by atoms with Gasteiger partial charge in [-0.05, 0) is 12.8 Å². The van der Waals surface area contributed by atoms with Crippen LogP contribution in [-0.4, -0.2) is 35.4 Å². The van der Waals surface area contributed by atoms with Crippen LogP contribution in [0.5, 0.6) is 0 Å². The molecule has 0 aromatic carbocycles. The lowest BCUT2D eigenvalue weighted by Crippen LogP contribution is -2.28. The lowest BCUT2D eigenvalue weighted by molar-refractivity contribution is 0.110. The molecule has 2 rings (SSSR count). The van der Waals surface area contributed by atoms with Crippen molar-refractivity contribution >= 4 is 0 Å². The first-order valence-electron chi connectivity index (χ1n) is 5.65. The second kappa shape index (κ2) is 5.28. The Morgan fingerprint density at radius 1 is 1.67 bits per heavy atom. The van der Waals surface area contributed by atoms with E-state index in [-0.39, 0.29) is 0 Å². The molecule has 1 aromatic rings. The fourth-order valence-electron chi connectivity index (χ4n) is 1.91. The van der Waals surface area contributed by atoms with E-state index < -0.39 is 0 Å². The van der Waals surface area contributed by atoms with Crippen LogP contribution >= 0.6 is 0 Å². The highest BCUT2D eigenvalue weighted by Gasteiger charge is 2.14. The number of ether oxygens (including phenoxy) is 1. The van der Waals surface area contributed by atoms with E-state index >= 15 is 0 Å². The fraction of sp³-hybridized carbons (Fsp3) is 0.727. The molecule has 0 amide bonds. The van der Waals surface area contributed by atoms with Crippen molar-refractivity contribution in [2.75, 3.05) is 19.7 Å². The van der Waals surface area contributed by atoms with Crippen LogP contribution in [0.15, 0.2) is 12.4 Å². The quantitative estimate of drug-likeness (QED) is 0.727. The van der Waals surface area contributed by atoms with Gasteiger partial charge in [-0.2, -0.15) is 0 Å². The number of rotatable bonds is 5. The molecule has 0 bridgehead atoms. The zero-order valence-corrected chi connectivity index (χ0v) is 9.28. The number of aryl methyl sites for hydroxylation is 1. The Morgan fingerprint density at radius 2 is 2.60 bits per heavy atom. The summed E-state index contributed by atoms with van der Waals surface area (Å²) >= 11 is 0. The van der Waals surface area contributed by atoms with Crippen LogP contribution in [-0.2, 0) is 18.2 Å². The molecule has 4 nitrogen and oxygen atoms in total. The molecule has 1 saturated heterocycles. The molecular weight excluding hydrogens is 190 g/mol. The molecule has 1 N–H and O–H groups in total. The van der Waals surface area contributed by atoms with Gasteiger partial charge in [0.05, 0.1) is 6.10 Å². The average molecular weight is 209 g/mol. The summed E-state index contributed by atoms with van der Waals surface area (Å²) in [4.78, 5) is 4.28. The van der Waals surface area contributed by atoms with Gasteiger partial charge in [0.2, 0.25) is 0 Å². The van der Waals surface area contributed by atoms with E-state index in [4.69, 9.17) is 4.74 Å². The smallest absolute Gasteiger partial charge is 0.109 e. The molecule has 15 heavy (non-hydrogen) atoms. The molecule has 2 heterocycles. The fourth-order valence-corrected chi connectivity index (χ4v) is 1.91. The van der Waals surface area contributed by atoms with E-state index in [1.165, 1.54) is 12.8 Å². The highest BCUT2D eigenvalue weighted by atomic mass is 16.5. The molecule has 1 unspecified atom stereocenters. The predicted molar refractivity (Wildman–Crippen MR) is 58.8 cm³/mol. The molecule has 0 radical (unpaired) electrons. The summed E-state index contributed by atoms with van der Waals surface area (Å²) < 4.78 is 7.59. The van der Waals surface area contributed by atoms with Gasteiger partial charge in [-0.3, -0.25) is 0 Å². The Morgan fingerprint density at radius 3 is 3.27 bits per heavy atom. The molecule has 1 aliphatic rings. The molecule has 0 aliphatic carbocycles. The maximum atomic E-state index is 5.53. The van der Waals surface area contributed by atoms with Gasteiger partial charge in [0.25, 0.3) is 0 Å². The summed E-state index contributed by atoms with van der Waals surface area (Å²) in [5, 5.41) is 3.41. The van der Waals surface area contributed by atoms with Gasteiger partial charge in [0.1, 0.15) is 5.82 Å². The number of imidazole rings is 1. The minimum absolute atomic E-state index is 0.436. The third-order valence-electron chi connectivity index (χ3n) is 2.84. The molecular formula is C11H19N3O. The molecule has 1 atom stereocenters. The summed E-state index contributed by atoms with van der Waals surface area (Å²) in [7, 11) is 2.03. The van der Waals surface area contributed by atoms with Gasteiger partial charge in [0, 0.05) is 45.6 Å². The molecule has 1 aliphatic heterocycles. The van der Waals surface area contributed by atoms with Crippen LogP contribution in [0.2, 0.25) is 0 Å². The standard InChI is InChI=1S/C11H19N3O/c1-14-7-6-13-11(14)4-5-12-9-10-3-2-8-15-10/h6-7,10,12H,2-5,8-9H2,1H3. The van der Waals surface area contributed by atoms with Crippen molar-refractivity contribution in [1.29, 1.82) is 0 Å². The van der Waals surface area contributed by atoms with E-state index in [2.05, 4.69) is 14.9 Å². The second-order valence-corrected chi connectivity index (χ2v) is 4.04. The van der Waals surface area contributed by atoms with Crippen LogP contribution in [0.1, 0.15) is 18.7 Å². The Bertz CT molecular complexity index is 292. The van der Waals surface area contributed by atoms with Gasteiger partial charge < -0.3 is 14.6 Å². The monoisotopic (exact) mass is 209 g/mol. The third kappa shape index (κ3) is 3.04. The minimum atomic E-state index is 0.436. The van der Waals surface area contributed by atoms with Crippen molar-refractivity contribution in [2.24, 2.45) is 7.05 Å². The van der Waals surface area contributed by atoms with Crippen LogP contribution < -0.4 is 5.32 Å². The number of nitrogens with one attached hydrogen (secondary N) is 1. The summed E-state index contributed by atoms with van der Waals surface area (Å²) in [6, 6.07) is 0. The van der Waals surface area contributed by atoms with Gasteiger partial charge >= 0.3 is 0 Å². The lowest BCUT2D eigenvalue weighted by Gasteiger charge is -2.10. The Labute approximate surface area is 90.6 Å². The summed E-state index contributed by atoms with van der Waals surface area (Å²) in [5.74, 6) is 1.13. The first-order valence-corrected chi connectivity index (χ1v) is 5.65. The van der Waals surface area contributed by atoms with Crippen LogP contribution in [0.25, 0.3) is 0 Å². The summed E-state index contributed by atoms with van der Waals surface area (Å²) in [5.41, 5.74) is 0. The van der Waals surface area contributed by atoms with Crippen molar-refractivity contribution in [2.45, 2.75) is 25.4 Å². The Balaban J connectivity index is 1.60. The molecule has 84 valence electrons. The van der Waals surface area contributed by atoms with Crippen molar-refractivity contribution in [3.8, 4) is 0 Å². The van der Waals surface area contributed by atoms with E-state index in [1.54, 1.807) is 0 Å². The third-order valence-corrected chi connectivity index (χ3v) is 2.84. The minimum Gasteiger partial charge on any atom is -0.377 e. The van der Waals surface area contributed by atoms with E-state index in [0.717, 1.165) is 31.9 Å². The van der Waals surface area contributed by atoms with Crippen molar-refractivity contribution in [1.82, 2.24) is 14.9 Å². The van der Waals surface area contributed by atoms with Gasteiger partial charge in [0.15, 0.2) is 0 Å². The maximum absolute atomic E-state index is 5.53. The number of hydrogen-bond acceptors (Lipinski definition) is 3. The highest BCUT2D eigenvalue weighted by Crippen LogP contribution is 2.10. The topological polar surface area (TPSA) is 39.1 Å². The zero-order valence-electron chi connectivity index (χ0n) is 9.28. The summed E-state index contributed by atoms with van der Waals surface area (Å²) in [6.45, 7) is 2.89. The molecule has 1 fully saturated rings. The molecule has 0 spiro atoms.